The van der Waals surface area contributed by atoms with E-state index < -0.39 is 23.2 Å². The third-order valence-corrected chi connectivity index (χ3v) is 5.86. The van der Waals surface area contributed by atoms with Gasteiger partial charge in [0.05, 0.1) is 23.5 Å². The monoisotopic (exact) mass is 503 g/mol. The van der Waals surface area contributed by atoms with Gasteiger partial charge < -0.3 is 10.3 Å². The molecule has 3 aromatic carbocycles. The van der Waals surface area contributed by atoms with E-state index in [9.17, 15) is 22.4 Å². The zero-order valence-electron chi connectivity index (χ0n) is 19.0. The van der Waals surface area contributed by atoms with Crippen LogP contribution in [0.5, 0.6) is 0 Å². The number of hydrogen-bond donors (Lipinski definition) is 2. The van der Waals surface area contributed by atoms with Gasteiger partial charge >= 0.3 is 6.18 Å². The van der Waals surface area contributed by atoms with Crippen molar-refractivity contribution in [3.05, 3.63) is 113 Å². The second kappa shape index (κ2) is 9.28. The maximum absolute atomic E-state index is 14.8. The van der Waals surface area contributed by atoms with Gasteiger partial charge in [-0.3, -0.25) is 4.79 Å². The van der Waals surface area contributed by atoms with E-state index in [4.69, 9.17) is 6.57 Å². The molecule has 2 aromatic heterocycles. The van der Waals surface area contributed by atoms with Crippen molar-refractivity contribution >= 4 is 22.5 Å². The number of rotatable bonds is 5. The summed E-state index contributed by atoms with van der Waals surface area (Å²) in [6.07, 6.45) is -1.41. The number of carbonyl (C=O) groups is 1. The molecule has 1 amide bonds. The standard InChI is InChI=1S/C27H17F4N5O/c1-32-25-7-3-16(13-21(25)27(29,30)31)24-9-11-36(35-24)20-5-2-19(22(28)14-20)15-34-26(37)18-4-6-23-17(12-18)8-10-33-23/h2-14,33H,15H2,(H,34,37). The number of nitrogens with zero attached hydrogens (tertiary/aromatic N) is 3. The van der Waals surface area contributed by atoms with Crippen LogP contribution in [0.1, 0.15) is 21.5 Å². The first kappa shape index (κ1) is 23.8. The molecule has 37 heavy (non-hydrogen) atoms. The fourth-order valence-corrected chi connectivity index (χ4v) is 3.94. The van der Waals surface area contributed by atoms with E-state index in [-0.39, 0.29) is 29.3 Å². The van der Waals surface area contributed by atoms with Gasteiger partial charge in [0.1, 0.15) is 5.82 Å². The Morgan fingerprint density at radius 3 is 2.65 bits per heavy atom. The second-order valence-electron chi connectivity index (χ2n) is 8.23. The lowest BCUT2D eigenvalue weighted by molar-refractivity contribution is -0.136. The van der Waals surface area contributed by atoms with Gasteiger partial charge in [0.2, 0.25) is 0 Å². The Kier molecular flexibility index (Phi) is 5.97. The SMILES string of the molecule is [C-]#[N+]c1ccc(-c2ccn(-c3ccc(CNC(=O)c4ccc5[nH]ccc5c4)c(F)c3)n2)cc1C(F)(F)F. The van der Waals surface area contributed by atoms with Crippen LogP contribution in [0.4, 0.5) is 23.2 Å². The quantitative estimate of drug-likeness (QED) is 0.208. The average molecular weight is 503 g/mol. The summed E-state index contributed by atoms with van der Waals surface area (Å²) in [6.45, 7) is 6.93. The molecular formula is C27H17F4N5O. The van der Waals surface area contributed by atoms with Crippen molar-refractivity contribution in [2.45, 2.75) is 12.7 Å². The average Bonchev–Trinajstić information content (AvgIpc) is 3.56. The van der Waals surface area contributed by atoms with Crippen molar-refractivity contribution in [3.63, 3.8) is 0 Å². The Morgan fingerprint density at radius 1 is 1.05 bits per heavy atom. The summed E-state index contributed by atoms with van der Waals surface area (Å²) < 4.78 is 56.0. The number of amides is 1. The number of carbonyl (C=O) groups excluding carboxylic acids is 1. The van der Waals surface area contributed by atoms with Crippen molar-refractivity contribution in [2.75, 3.05) is 0 Å². The lowest BCUT2D eigenvalue weighted by Crippen LogP contribution is -2.23. The second-order valence-corrected chi connectivity index (χ2v) is 8.23. The first-order valence-corrected chi connectivity index (χ1v) is 11.0. The molecule has 0 aliphatic carbocycles. The van der Waals surface area contributed by atoms with Crippen LogP contribution < -0.4 is 5.32 Å². The largest absolute Gasteiger partial charge is 0.407 e. The molecule has 2 heterocycles. The van der Waals surface area contributed by atoms with Gasteiger partial charge in [-0.2, -0.15) is 18.3 Å². The Hall–Kier alpha value is -4.91. The summed E-state index contributed by atoms with van der Waals surface area (Å²) in [5.74, 6) is -0.914. The van der Waals surface area contributed by atoms with Crippen molar-refractivity contribution in [1.29, 1.82) is 0 Å². The molecule has 0 aliphatic heterocycles. The molecule has 0 fully saturated rings. The third-order valence-electron chi connectivity index (χ3n) is 5.86. The first-order valence-electron chi connectivity index (χ1n) is 11.0. The molecule has 0 radical (unpaired) electrons. The highest BCUT2D eigenvalue weighted by Gasteiger charge is 2.33. The molecule has 0 spiro atoms. The molecule has 5 rings (SSSR count). The van der Waals surface area contributed by atoms with Crippen LogP contribution in [0.25, 0.3) is 32.7 Å². The summed E-state index contributed by atoms with van der Waals surface area (Å²) in [5, 5.41) is 7.86. The van der Waals surface area contributed by atoms with Crippen LogP contribution in [-0.4, -0.2) is 20.7 Å². The van der Waals surface area contributed by atoms with E-state index in [1.54, 1.807) is 30.5 Å². The van der Waals surface area contributed by atoms with E-state index >= 15 is 0 Å². The molecule has 0 aliphatic rings. The molecule has 0 bridgehead atoms. The van der Waals surface area contributed by atoms with Gasteiger partial charge in [-0.1, -0.05) is 24.3 Å². The number of fused-ring (bicyclic) bond motifs is 1. The van der Waals surface area contributed by atoms with Crippen LogP contribution in [0.2, 0.25) is 0 Å². The maximum atomic E-state index is 14.8. The lowest BCUT2D eigenvalue weighted by atomic mass is 10.1. The first-order chi connectivity index (χ1) is 17.7. The lowest BCUT2D eigenvalue weighted by Gasteiger charge is -2.10. The molecule has 0 saturated heterocycles. The molecule has 0 atom stereocenters. The van der Waals surface area contributed by atoms with E-state index in [1.165, 1.54) is 35.1 Å². The van der Waals surface area contributed by atoms with E-state index in [2.05, 4.69) is 20.2 Å². The van der Waals surface area contributed by atoms with Crippen LogP contribution in [0.3, 0.4) is 0 Å². The van der Waals surface area contributed by atoms with E-state index in [1.807, 2.05) is 6.07 Å². The smallest absolute Gasteiger partial charge is 0.361 e. The number of halogens is 4. The molecule has 6 nitrogen and oxygen atoms in total. The number of H-pyrrole nitrogens is 1. The Labute approximate surface area is 208 Å². The molecular weight excluding hydrogens is 486 g/mol. The minimum Gasteiger partial charge on any atom is -0.361 e. The number of aromatic amines is 1. The molecule has 184 valence electrons. The van der Waals surface area contributed by atoms with Crippen molar-refractivity contribution in [2.24, 2.45) is 0 Å². The highest BCUT2D eigenvalue weighted by molar-refractivity contribution is 5.98. The van der Waals surface area contributed by atoms with Gasteiger partial charge in [0, 0.05) is 46.5 Å². The van der Waals surface area contributed by atoms with E-state index in [0.717, 1.165) is 23.0 Å². The fourth-order valence-electron chi connectivity index (χ4n) is 3.94. The normalized spacial score (nSPS) is 11.4. The van der Waals surface area contributed by atoms with Crippen LogP contribution in [0, 0.1) is 12.4 Å². The predicted octanol–water partition coefficient (Wildman–Crippen LogP) is 6.66. The number of aromatic nitrogens is 3. The van der Waals surface area contributed by atoms with Crippen molar-refractivity contribution in [3.8, 4) is 16.9 Å². The van der Waals surface area contributed by atoms with Crippen molar-refractivity contribution in [1.82, 2.24) is 20.1 Å². The zero-order chi connectivity index (χ0) is 26.2. The summed E-state index contributed by atoms with van der Waals surface area (Å²) in [5.41, 5.74) is 0.842. The summed E-state index contributed by atoms with van der Waals surface area (Å²) in [7, 11) is 0. The summed E-state index contributed by atoms with van der Waals surface area (Å²) >= 11 is 0. The van der Waals surface area contributed by atoms with Gasteiger partial charge in [0.15, 0.2) is 5.69 Å². The van der Waals surface area contributed by atoms with E-state index in [0.29, 0.717) is 11.3 Å². The number of alkyl halides is 3. The van der Waals surface area contributed by atoms with Crippen LogP contribution in [-0.2, 0) is 12.7 Å². The predicted molar refractivity (Wildman–Crippen MR) is 130 cm³/mol. The Balaban J connectivity index is 1.32. The highest BCUT2D eigenvalue weighted by atomic mass is 19.4. The van der Waals surface area contributed by atoms with Gasteiger partial charge in [-0.15, -0.1) is 0 Å². The maximum Gasteiger partial charge on any atom is 0.407 e. The number of benzene rings is 3. The number of hydrogen-bond acceptors (Lipinski definition) is 2. The fraction of sp³-hybridized carbons (Fsp3) is 0.0741. The third kappa shape index (κ3) is 4.79. The van der Waals surface area contributed by atoms with Crippen molar-refractivity contribution < 1.29 is 22.4 Å². The van der Waals surface area contributed by atoms with Crippen LogP contribution >= 0.6 is 0 Å². The molecule has 5 aromatic rings. The molecule has 0 unspecified atom stereocenters. The van der Waals surface area contributed by atoms with Gasteiger partial charge in [-0.05, 0) is 42.5 Å². The summed E-state index contributed by atoms with van der Waals surface area (Å²) in [4.78, 5) is 18.5. The topological polar surface area (TPSA) is 67.1 Å². The van der Waals surface area contributed by atoms with Crippen LogP contribution in [0.15, 0.2) is 79.1 Å². The molecule has 2 N–H and O–H groups in total. The number of nitrogens with one attached hydrogen (secondary N) is 2. The van der Waals surface area contributed by atoms with Gasteiger partial charge in [0.25, 0.3) is 5.91 Å². The highest BCUT2D eigenvalue weighted by Crippen LogP contribution is 2.38. The minimum absolute atomic E-state index is 0.0336. The van der Waals surface area contributed by atoms with Gasteiger partial charge in [-0.25, -0.2) is 13.9 Å². The summed E-state index contributed by atoms with van der Waals surface area (Å²) in [6, 6.07) is 16.2. The Bertz CT molecular complexity index is 1680. The molecule has 0 saturated carbocycles. The Morgan fingerprint density at radius 2 is 1.89 bits per heavy atom. The zero-order valence-corrected chi connectivity index (χ0v) is 19.0. The minimum atomic E-state index is -4.68. The molecule has 10 heteroatoms.